The lowest BCUT2D eigenvalue weighted by Gasteiger charge is -2.22. The molecular weight excluding hydrogens is 578 g/mol. The van der Waals surface area contributed by atoms with Crippen molar-refractivity contribution < 1.29 is 9.90 Å². The van der Waals surface area contributed by atoms with Gasteiger partial charge in [-0.1, -0.05) is 91.0 Å². The second-order valence-corrected chi connectivity index (χ2v) is 12.2. The molecule has 0 spiro atoms. The average molecular weight is 606 g/mol. The molecule has 2 aromatic heterocycles. The van der Waals surface area contributed by atoms with Crippen molar-refractivity contribution in [1.29, 1.82) is 0 Å². The molecule has 222 valence electrons. The number of carbonyl (C=O) groups is 1. The number of rotatable bonds is 3. The Labute approximate surface area is 269 Å². The molecule has 1 N–H and O–H groups in total. The Hall–Kier alpha value is -6.17. The summed E-state index contributed by atoms with van der Waals surface area (Å²) in [4.78, 5) is 15.3. The zero-order chi connectivity index (χ0) is 31.2. The molecule has 3 heterocycles. The third-order valence-corrected chi connectivity index (χ3v) is 9.77. The maximum Gasteiger partial charge on any atom is 0.261 e. The topological polar surface area (TPSA) is 50.4 Å². The van der Waals surface area contributed by atoms with Crippen molar-refractivity contribution in [2.75, 3.05) is 4.90 Å². The second kappa shape index (κ2) is 9.66. The lowest BCUT2D eigenvalue weighted by Crippen LogP contribution is -2.27. The number of amides is 1. The van der Waals surface area contributed by atoms with Crippen LogP contribution in [0.15, 0.2) is 152 Å². The molecule has 0 saturated carbocycles. The Morgan fingerprint density at radius 1 is 0.468 bits per heavy atom. The molecule has 1 atom stereocenters. The van der Waals surface area contributed by atoms with Crippen LogP contribution in [0.1, 0.15) is 22.1 Å². The van der Waals surface area contributed by atoms with Crippen molar-refractivity contribution >= 4 is 66.0 Å². The van der Waals surface area contributed by atoms with Crippen LogP contribution in [0.4, 0.5) is 5.69 Å². The van der Waals surface area contributed by atoms with Crippen LogP contribution in [0.25, 0.3) is 65.8 Å². The van der Waals surface area contributed by atoms with Gasteiger partial charge in [0.25, 0.3) is 5.91 Å². The molecule has 0 saturated heterocycles. The summed E-state index contributed by atoms with van der Waals surface area (Å²) in [6.07, 6.45) is -1.12. The summed E-state index contributed by atoms with van der Waals surface area (Å²) < 4.78 is 4.57. The smallest absolute Gasteiger partial charge is 0.261 e. The number of aromatic nitrogens is 2. The summed E-state index contributed by atoms with van der Waals surface area (Å²) in [7, 11) is 0. The molecule has 1 aliphatic rings. The van der Waals surface area contributed by atoms with Gasteiger partial charge in [0.15, 0.2) is 6.23 Å². The number of para-hydroxylation sites is 3. The molecular formula is C42H27N3O2. The fourth-order valence-electron chi connectivity index (χ4n) is 7.71. The molecule has 0 aliphatic carbocycles. The summed E-state index contributed by atoms with van der Waals surface area (Å²) in [6, 6.07) is 51.8. The van der Waals surface area contributed by atoms with E-state index in [1.807, 2.05) is 54.6 Å². The Morgan fingerprint density at radius 2 is 1.11 bits per heavy atom. The normalized spacial score (nSPS) is 14.7. The van der Waals surface area contributed by atoms with E-state index in [-0.39, 0.29) is 5.91 Å². The van der Waals surface area contributed by atoms with Crippen molar-refractivity contribution in [2.24, 2.45) is 0 Å². The van der Waals surface area contributed by atoms with Crippen molar-refractivity contribution in [2.45, 2.75) is 6.23 Å². The number of benzene rings is 7. The zero-order valence-corrected chi connectivity index (χ0v) is 25.2. The van der Waals surface area contributed by atoms with E-state index in [1.54, 1.807) is 0 Å². The minimum atomic E-state index is -1.12. The monoisotopic (exact) mass is 605 g/mol. The standard InChI is InChI=1S/C42H27N3O2/c46-41-32-17-10-20-37(40(32)42(47)44(41)28-13-2-1-3-14-28)45-36-19-9-7-16-31(36)34-24-33-30-15-6-8-18-35(30)43(38(33)25-39(34)45)29-22-21-26-11-4-5-12-27(26)23-29/h1-25,42,47H. The maximum atomic E-state index is 13.8. The van der Waals surface area contributed by atoms with Gasteiger partial charge in [-0.15, -0.1) is 0 Å². The molecule has 7 aromatic carbocycles. The Morgan fingerprint density at radius 3 is 1.87 bits per heavy atom. The molecule has 1 aliphatic heterocycles. The van der Waals surface area contributed by atoms with Crippen LogP contribution in [0.3, 0.4) is 0 Å². The van der Waals surface area contributed by atoms with Gasteiger partial charge in [0, 0.05) is 44.0 Å². The maximum absolute atomic E-state index is 13.8. The molecule has 9 aromatic rings. The highest BCUT2D eigenvalue weighted by Gasteiger charge is 2.39. The van der Waals surface area contributed by atoms with Gasteiger partial charge in [-0.3, -0.25) is 9.69 Å². The number of anilines is 1. The van der Waals surface area contributed by atoms with Crippen molar-refractivity contribution in [3.63, 3.8) is 0 Å². The van der Waals surface area contributed by atoms with E-state index in [1.165, 1.54) is 26.4 Å². The van der Waals surface area contributed by atoms with Crippen molar-refractivity contribution in [1.82, 2.24) is 9.13 Å². The van der Waals surface area contributed by atoms with Gasteiger partial charge >= 0.3 is 0 Å². The summed E-state index contributed by atoms with van der Waals surface area (Å²) in [6.45, 7) is 0. The van der Waals surface area contributed by atoms with Crippen LogP contribution >= 0.6 is 0 Å². The number of aliphatic hydroxyl groups is 1. The Bertz CT molecular complexity index is 2740. The third kappa shape index (κ3) is 3.60. The molecule has 10 rings (SSSR count). The van der Waals surface area contributed by atoms with Gasteiger partial charge in [0.05, 0.1) is 27.8 Å². The first kappa shape index (κ1) is 26.1. The van der Waals surface area contributed by atoms with E-state index in [2.05, 4.69) is 106 Å². The number of hydrogen-bond donors (Lipinski definition) is 1. The predicted octanol–water partition coefficient (Wildman–Crippen LogP) is 9.69. The van der Waals surface area contributed by atoms with Crippen LogP contribution in [-0.4, -0.2) is 20.1 Å². The van der Waals surface area contributed by atoms with Gasteiger partial charge < -0.3 is 14.2 Å². The Balaban J connectivity index is 1.29. The molecule has 0 bridgehead atoms. The summed E-state index contributed by atoms with van der Waals surface area (Å²) >= 11 is 0. The van der Waals surface area contributed by atoms with Gasteiger partial charge in [-0.05, 0) is 71.4 Å². The molecule has 1 amide bonds. The first-order valence-electron chi connectivity index (χ1n) is 15.8. The summed E-state index contributed by atoms with van der Waals surface area (Å²) in [5.74, 6) is -0.208. The first-order chi connectivity index (χ1) is 23.2. The average Bonchev–Trinajstić information content (AvgIpc) is 3.71. The van der Waals surface area contributed by atoms with Crippen LogP contribution in [0.2, 0.25) is 0 Å². The highest BCUT2D eigenvalue weighted by molar-refractivity contribution is 6.19. The molecule has 1 unspecified atom stereocenters. The second-order valence-electron chi connectivity index (χ2n) is 12.2. The largest absolute Gasteiger partial charge is 0.369 e. The Kier molecular flexibility index (Phi) is 5.36. The van der Waals surface area contributed by atoms with Crippen LogP contribution < -0.4 is 4.90 Å². The van der Waals surface area contributed by atoms with Crippen molar-refractivity contribution in [3.05, 3.63) is 163 Å². The SMILES string of the molecule is O=C1c2cccc(-n3c4ccccc4c4cc5c6ccccc6n(-c6ccc7ccccc7c6)c5cc43)c2C(O)N1c1ccccc1. The quantitative estimate of drug-likeness (QED) is 0.218. The number of hydrogen-bond acceptors (Lipinski definition) is 2. The number of carbonyl (C=O) groups excluding carboxylic acids is 1. The molecule has 0 radical (unpaired) electrons. The number of aliphatic hydroxyl groups excluding tert-OH is 1. The van der Waals surface area contributed by atoms with Gasteiger partial charge in [-0.2, -0.15) is 0 Å². The van der Waals surface area contributed by atoms with E-state index in [0.717, 1.165) is 44.2 Å². The van der Waals surface area contributed by atoms with E-state index in [0.29, 0.717) is 16.8 Å². The lowest BCUT2D eigenvalue weighted by atomic mass is 10.1. The van der Waals surface area contributed by atoms with Crippen molar-refractivity contribution in [3.8, 4) is 11.4 Å². The molecule has 5 heteroatoms. The van der Waals surface area contributed by atoms with Gasteiger partial charge in [0.1, 0.15) is 0 Å². The summed E-state index contributed by atoms with van der Waals surface area (Å²) in [5, 5.41) is 18.8. The van der Waals surface area contributed by atoms with E-state index in [9.17, 15) is 9.90 Å². The lowest BCUT2D eigenvalue weighted by molar-refractivity contribution is 0.0935. The number of nitrogens with zero attached hydrogens (tertiary/aromatic N) is 3. The zero-order valence-electron chi connectivity index (χ0n) is 25.2. The van der Waals surface area contributed by atoms with Gasteiger partial charge in [0.2, 0.25) is 0 Å². The predicted molar refractivity (Wildman–Crippen MR) is 191 cm³/mol. The van der Waals surface area contributed by atoms with E-state index >= 15 is 0 Å². The molecule has 5 nitrogen and oxygen atoms in total. The number of fused-ring (bicyclic) bond motifs is 8. The summed E-state index contributed by atoms with van der Waals surface area (Å²) in [5.41, 5.74) is 7.93. The van der Waals surface area contributed by atoms with E-state index in [4.69, 9.17) is 0 Å². The molecule has 0 fully saturated rings. The fraction of sp³-hybridized carbons (Fsp3) is 0.0238. The van der Waals surface area contributed by atoms with Gasteiger partial charge in [-0.25, -0.2) is 0 Å². The highest BCUT2D eigenvalue weighted by Crippen LogP contribution is 2.44. The first-order valence-corrected chi connectivity index (χ1v) is 15.8. The van der Waals surface area contributed by atoms with Crippen LogP contribution in [-0.2, 0) is 0 Å². The highest BCUT2D eigenvalue weighted by atomic mass is 16.3. The molecule has 47 heavy (non-hydrogen) atoms. The minimum absolute atomic E-state index is 0.208. The van der Waals surface area contributed by atoms with Crippen LogP contribution in [0.5, 0.6) is 0 Å². The van der Waals surface area contributed by atoms with E-state index < -0.39 is 6.23 Å². The minimum Gasteiger partial charge on any atom is -0.369 e. The fourth-order valence-corrected chi connectivity index (χ4v) is 7.71. The van der Waals surface area contributed by atoms with Crippen LogP contribution in [0, 0.1) is 0 Å². The third-order valence-electron chi connectivity index (χ3n) is 9.77.